The summed E-state index contributed by atoms with van der Waals surface area (Å²) in [6.07, 6.45) is -3.79. The van der Waals surface area contributed by atoms with Gasteiger partial charge in [0.2, 0.25) is 0 Å². The summed E-state index contributed by atoms with van der Waals surface area (Å²) < 4.78 is 39.8. The molecule has 0 saturated heterocycles. The van der Waals surface area contributed by atoms with Gasteiger partial charge >= 0.3 is 6.36 Å². The molecule has 2 atom stereocenters. The Kier molecular flexibility index (Phi) is 5.62. The molecule has 0 aliphatic heterocycles. The van der Waals surface area contributed by atoms with E-state index in [-0.39, 0.29) is 24.4 Å². The highest BCUT2D eigenvalue weighted by atomic mass is 19.4. The topological polar surface area (TPSA) is 41.5 Å². The maximum Gasteiger partial charge on any atom is 0.573 e. The number of aliphatic hydroxyl groups excluding tert-OH is 1. The van der Waals surface area contributed by atoms with Gasteiger partial charge in [0.15, 0.2) is 0 Å². The highest BCUT2D eigenvalue weighted by molar-refractivity contribution is 5.29. The maximum atomic E-state index is 12.0. The van der Waals surface area contributed by atoms with Gasteiger partial charge in [-0.1, -0.05) is 19.1 Å². The van der Waals surface area contributed by atoms with Crippen molar-refractivity contribution in [1.29, 1.82) is 0 Å². The van der Waals surface area contributed by atoms with Crippen molar-refractivity contribution in [3.05, 3.63) is 29.8 Å². The van der Waals surface area contributed by atoms with Crippen LogP contribution in [-0.2, 0) is 0 Å². The van der Waals surface area contributed by atoms with E-state index >= 15 is 0 Å². The van der Waals surface area contributed by atoms with Gasteiger partial charge in [0.25, 0.3) is 0 Å². The normalized spacial score (nSPS) is 15.1. The SMILES string of the molecule is CCC(C)NC(CO)c1ccc(OC(F)(F)F)cc1. The lowest BCUT2D eigenvalue weighted by atomic mass is 10.1. The smallest absolute Gasteiger partial charge is 0.406 e. The molecule has 1 aromatic rings. The summed E-state index contributed by atoms with van der Waals surface area (Å²) in [5.74, 6) is -0.267. The number of alkyl halides is 3. The first-order valence-electron chi connectivity index (χ1n) is 6.08. The Morgan fingerprint density at radius 2 is 1.84 bits per heavy atom. The molecule has 0 aliphatic rings. The van der Waals surface area contributed by atoms with E-state index in [9.17, 15) is 18.3 Å². The molecule has 2 unspecified atom stereocenters. The van der Waals surface area contributed by atoms with Crippen molar-refractivity contribution in [3.63, 3.8) is 0 Å². The third-order valence-electron chi connectivity index (χ3n) is 2.80. The third kappa shape index (κ3) is 5.48. The molecule has 0 spiro atoms. The zero-order valence-corrected chi connectivity index (χ0v) is 10.9. The number of hydrogen-bond donors (Lipinski definition) is 2. The lowest BCUT2D eigenvalue weighted by Gasteiger charge is -2.21. The fourth-order valence-corrected chi connectivity index (χ4v) is 1.62. The van der Waals surface area contributed by atoms with Crippen LogP contribution < -0.4 is 10.1 Å². The van der Waals surface area contributed by atoms with Gasteiger partial charge in [0.05, 0.1) is 12.6 Å². The van der Waals surface area contributed by atoms with E-state index in [0.29, 0.717) is 0 Å². The van der Waals surface area contributed by atoms with Gasteiger partial charge < -0.3 is 15.2 Å². The lowest BCUT2D eigenvalue weighted by molar-refractivity contribution is -0.274. The van der Waals surface area contributed by atoms with Gasteiger partial charge in [-0.25, -0.2) is 0 Å². The molecule has 1 aromatic carbocycles. The molecule has 0 amide bonds. The second-order valence-corrected chi connectivity index (χ2v) is 4.33. The van der Waals surface area contributed by atoms with Crippen LogP contribution in [0, 0.1) is 0 Å². The van der Waals surface area contributed by atoms with Gasteiger partial charge in [0.1, 0.15) is 5.75 Å². The first-order chi connectivity index (χ1) is 8.85. The summed E-state index contributed by atoms with van der Waals surface area (Å²) in [7, 11) is 0. The Hall–Kier alpha value is -1.27. The summed E-state index contributed by atoms with van der Waals surface area (Å²) in [4.78, 5) is 0. The number of aliphatic hydroxyl groups is 1. The van der Waals surface area contributed by atoms with E-state index < -0.39 is 6.36 Å². The maximum absolute atomic E-state index is 12.0. The number of benzene rings is 1. The number of ether oxygens (including phenoxy) is 1. The van der Waals surface area contributed by atoms with Gasteiger partial charge in [-0.2, -0.15) is 0 Å². The molecular weight excluding hydrogens is 259 g/mol. The summed E-state index contributed by atoms with van der Waals surface area (Å²) in [6, 6.07) is 5.42. The minimum Gasteiger partial charge on any atom is -0.406 e. The minimum absolute atomic E-state index is 0.121. The fraction of sp³-hybridized carbons (Fsp3) is 0.538. The number of rotatable bonds is 6. The fourth-order valence-electron chi connectivity index (χ4n) is 1.62. The standard InChI is InChI=1S/C13H18F3NO2/c1-3-9(2)17-12(8-18)10-4-6-11(7-5-10)19-13(14,15)16/h4-7,9,12,17-18H,3,8H2,1-2H3. The first-order valence-corrected chi connectivity index (χ1v) is 6.08. The van der Waals surface area contributed by atoms with Crippen molar-refractivity contribution in [2.24, 2.45) is 0 Å². The largest absolute Gasteiger partial charge is 0.573 e. The highest BCUT2D eigenvalue weighted by Gasteiger charge is 2.31. The summed E-state index contributed by atoms with van der Waals surface area (Å²) in [5.41, 5.74) is 0.720. The van der Waals surface area contributed by atoms with Crippen molar-refractivity contribution < 1.29 is 23.0 Å². The van der Waals surface area contributed by atoms with Crippen LogP contribution in [0.25, 0.3) is 0 Å². The Labute approximate surface area is 110 Å². The van der Waals surface area contributed by atoms with Crippen LogP contribution in [0.2, 0.25) is 0 Å². The summed E-state index contributed by atoms with van der Waals surface area (Å²) >= 11 is 0. The van der Waals surface area contributed by atoms with Gasteiger partial charge in [-0.05, 0) is 31.0 Å². The van der Waals surface area contributed by atoms with Crippen molar-refractivity contribution in [1.82, 2.24) is 5.32 Å². The third-order valence-corrected chi connectivity index (χ3v) is 2.80. The van der Waals surface area contributed by atoms with Gasteiger partial charge in [0, 0.05) is 6.04 Å². The minimum atomic E-state index is -4.69. The second kappa shape index (κ2) is 6.77. The number of nitrogens with one attached hydrogen (secondary N) is 1. The molecular formula is C13H18F3NO2. The highest BCUT2D eigenvalue weighted by Crippen LogP contribution is 2.24. The molecule has 0 heterocycles. The van der Waals surface area contributed by atoms with Crippen LogP contribution in [0.4, 0.5) is 13.2 Å². The Morgan fingerprint density at radius 1 is 1.26 bits per heavy atom. The molecule has 1 rings (SSSR count). The van der Waals surface area contributed by atoms with Crippen molar-refractivity contribution in [3.8, 4) is 5.75 Å². The molecule has 0 bridgehead atoms. The van der Waals surface area contributed by atoms with Crippen LogP contribution in [-0.4, -0.2) is 24.1 Å². The van der Waals surface area contributed by atoms with Crippen LogP contribution in [0.5, 0.6) is 5.75 Å². The van der Waals surface area contributed by atoms with E-state index in [2.05, 4.69) is 10.1 Å². The molecule has 2 N–H and O–H groups in total. The quantitative estimate of drug-likeness (QED) is 0.840. The van der Waals surface area contributed by atoms with Crippen LogP contribution in [0.15, 0.2) is 24.3 Å². The van der Waals surface area contributed by atoms with Crippen LogP contribution in [0.3, 0.4) is 0 Å². The monoisotopic (exact) mass is 277 g/mol. The molecule has 0 aliphatic carbocycles. The molecule has 108 valence electrons. The van der Waals surface area contributed by atoms with Crippen molar-refractivity contribution in [2.75, 3.05) is 6.61 Å². The molecule has 0 aromatic heterocycles. The zero-order chi connectivity index (χ0) is 14.5. The van der Waals surface area contributed by atoms with Crippen molar-refractivity contribution >= 4 is 0 Å². The van der Waals surface area contributed by atoms with Crippen LogP contribution in [0.1, 0.15) is 31.9 Å². The van der Waals surface area contributed by atoms with Crippen molar-refractivity contribution in [2.45, 2.75) is 38.7 Å². The summed E-state index contributed by atoms with van der Waals surface area (Å²) in [5, 5.41) is 12.5. The average molecular weight is 277 g/mol. The number of halogens is 3. The van der Waals surface area contributed by atoms with E-state index in [1.165, 1.54) is 24.3 Å². The predicted octanol–water partition coefficient (Wildman–Crippen LogP) is 3.01. The second-order valence-electron chi connectivity index (χ2n) is 4.33. The first kappa shape index (κ1) is 15.8. The molecule has 0 fully saturated rings. The van der Waals surface area contributed by atoms with E-state index in [1.807, 2.05) is 13.8 Å². The van der Waals surface area contributed by atoms with E-state index in [0.717, 1.165) is 12.0 Å². The Balaban J connectivity index is 2.73. The summed E-state index contributed by atoms with van der Waals surface area (Å²) in [6.45, 7) is 3.86. The van der Waals surface area contributed by atoms with Crippen LogP contribution >= 0.6 is 0 Å². The Bertz CT molecular complexity index is 378. The molecule has 6 heteroatoms. The molecule has 19 heavy (non-hydrogen) atoms. The average Bonchev–Trinajstić information content (AvgIpc) is 2.35. The van der Waals surface area contributed by atoms with Gasteiger partial charge in [-0.3, -0.25) is 0 Å². The lowest BCUT2D eigenvalue weighted by Crippen LogP contribution is -2.32. The molecule has 3 nitrogen and oxygen atoms in total. The molecule has 0 radical (unpaired) electrons. The number of hydrogen-bond acceptors (Lipinski definition) is 3. The molecule has 0 saturated carbocycles. The predicted molar refractivity (Wildman–Crippen MR) is 65.8 cm³/mol. The van der Waals surface area contributed by atoms with Gasteiger partial charge in [-0.15, -0.1) is 13.2 Å². The van der Waals surface area contributed by atoms with E-state index in [1.54, 1.807) is 0 Å². The zero-order valence-electron chi connectivity index (χ0n) is 10.9. The van der Waals surface area contributed by atoms with E-state index in [4.69, 9.17) is 0 Å². The Morgan fingerprint density at radius 3 is 2.26 bits per heavy atom.